The maximum absolute atomic E-state index is 12.3. The van der Waals surface area contributed by atoms with Crippen molar-refractivity contribution in [1.29, 1.82) is 0 Å². The van der Waals surface area contributed by atoms with Gasteiger partial charge < -0.3 is 25.7 Å². The summed E-state index contributed by atoms with van der Waals surface area (Å²) in [6.45, 7) is 3.93. The summed E-state index contributed by atoms with van der Waals surface area (Å²) in [5, 5.41) is 42.9. The van der Waals surface area contributed by atoms with Gasteiger partial charge in [-0.3, -0.25) is 4.79 Å². The fourth-order valence-electron chi connectivity index (χ4n) is 4.28. The van der Waals surface area contributed by atoms with Gasteiger partial charge >= 0.3 is 0 Å². The quantitative estimate of drug-likeness (QED) is 0.0835. The summed E-state index contributed by atoms with van der Waals surface area (Å²) in [5.41, 5.74) is 0. The third-order valence-corrected chi connectivity index (χ3v) is 6.73. The predicted octanol–water partition coefficient (Wildman–Crippen LogP) is 5.55. The molecule has 208 valence electrons. The van der Waals surface area contributed by atoms with Gasteiger partial charge in [0.15, 0.2) is 0 Å². The SMILES string of the molecule is CCCCCC/C=C/CCCC(O)C(O)C(CO)NC(=O)C(O)CCCCCCCCCCCC. The number of allylic oxidation sites excluding steroid dienone is 2. The predicted molar refractivity (Wildman–Crippen MR) is 145 cm³/mol. The van der Waals surface area contributed by atoms with Crippen molar-refractivity contribution in [2.24, 2.45) is 0 Å². The van der Waals surface area contributed by atoms with E-state index in [9.17, 15) is 25.2 Å². The lowest BCUT2D eigenvalue weighted by atomic mass is 10.00. The maximum atomic E-state index is 12.3. The van der Waals surface area contributed by atoms with Gasteiger partial charge in [-0.2, -0.15) is 0 Å². The minimum absolute atomic E-state index is 0.365. The minimum atomic E-state index is -1.27. The molecule has 0 aromatic heterocycles. The van der Waals surface area contributed by atoms with E-state index in [1.807, 2.05) is 0 Å². The van der Waals surface area contributed by atoms with Crippen LogP contribution in [-0.4, -0.2) is 57.3 Å². The van der Waals surface area contributed by atoms with Gasteiger partial charge in [0.2, 0.25) is 5.91 Å². The zero-order valence-corrected chi connectivity index (χ0v) is 22.8. The van der Waals surface area contributed by atoms with E-state index in [2.05, 4.69) is 31.3 Å². The van der Waals surface area contributed by atoms with Crippen molar-refractivity contribution in [2.75, 3.05) is 6.61 Å². The second-order valence-electron chi connectivity index (χ2n) is 10.1. The van der Waals surface area contributed by atoms with Gasteiger partial charge in [-0.25, -0.2) is 0 Å². The lowest BCUT2D eigenvalue weighted by molar-refractivity contribution is -0.132. The van der Waals surface area contributed by atoms with E-state index in [-0.39, 0.29) is 0 Å². The average Bonchev–Trinajstić information content (AvgIpc) is 2.86. The molecule has 6 heteroatoms. The zero-order chi connectivity index (χ0) is 26.2. The van der Waals surface area contributed by atoms with E-state index in [1.54, 1.807) is 0 Å². The lowest BCUT2D eigenvalue weighted by Crippen LogP contribution is -2.53. The number of carbonyl (C=O) groups is 1. The normalized spacial score (nSPS) is 15.3. The van der Waals surface area contributed by atoms with E-state index in [0.717, 1.165) is 38.5 Å². The number of carbonyl (C=O) groups excluding carboxylic acids is 1. The molecule has 0 aliphatic rings. The fraction of sp³-hybridized carbons (Fsp3) is 0.897. The second-order valence-corrected chi connectivity index (χ2v) is 10.1. The van der Waals surface area contributed by atoms with Crippen molar-refractivity contribution in [3.63, 3.8) is 0 Å². The van der Waals surface area contributed by atoms with Crippen molar-refractivity contribution < 1.29 is 25.2 Å². The molecular weight excluding hydrogens is 442 g/mol. The first-order valence-corrected chi connectivity index (χ1v) is 14.6. The molecule has 5 N–H and O–H groups in total. The Bertz CT molecular complexity index is 499. The van der Waals surface area contributed by atoms with Gasteiger partial charge in [-0.1, -0.05) is 109 Å². The van der Waals surface area contributed by atoms with Crippen LogP contribution in [0.4, 0.5) is 0 Å². The first-order valence-electron chi connectivity index (χ1n) is 14.6. The topological polar surface area (TPSA) is 110 Å². The summed E-state index contributed by atoms with van der Waals surface area (Å²) in [6, 6.07) is -0.992. The number of amides is 1. The lowest BCUT2D eigenvalue weighted by Gasteiger charge is -2.27. The van der Waals surface area contributed by atoms with Gasteiger partial charge in [0, 0.05) is 0 Å². The third kappa shape index (κ3) is 19.9. The molecule has 4 atom stereocenters. The highest BCUT2D eigenvalue weighted by Crippen LogP contribution is 2.13. The van der Waals surface area contributed by atoms with Crippen LogP contribution in [0, 0.1) is 0 Å². The highest BCUT2D eigenvalue weighted by atomic mass is 16.3. The van der Waals surface area contributed by atoms with Crippen LogP contribution in [0.2, 0.25) is 0 Å². The molecule has 0 heterocycles. The summed E-state index contributed by atoms with van der Waals surface area (Å²) in [4.78, 5) is 12.3. The van der Waals surface area contributed by atoms with E-state index >= 15 is 0 Å². The van der Waals surface area contributed by atoms with Crippen LogP contribution in [-0.2, 0) is 4.79 Å². The van der Waals surface area contributed by atoms with Crippen LogP contribution in [0.15, 0.2) is 12.2 Å². The van der Waals surface area contributed by atoms with Gasteiger partial charge in [0.25, 0.3) is 0 Å². The zero-order valence-electron chi connectivity index (χ0n) is 22.8. The summed E-state index contributed by atoms with van der Waals surface area (Å²) in [7, 11) is 0. The summed E-state index contributed by atoms with van der Waals surface area (Å²) < 4.78 is 0. The first-order chi connectivity index (χ1) is 17.0. The molecule has 35 heavy (non-hydrogen) atoms. The van der Waals surface area contributed by atoms with Crippen LogP contribution in [0.25, 0.3) is 0 Å². The Hall–Kier alpha value is -0.950. The van der Waals surface area contributed by atoms with Crippen LogP contribution >= 0.6 is 0 Å². The van der Waals surface area contributed by atoms with Gasteiger partial charge in [-0.05, 0) is 38.5 Å². The van der Waals surface area contributed by atoms with Crippen molar-refractivity contribution in [3.8, 4) is 0 Å². The van der Waals surface area contributed by atoms with Crippen LogP contribution in [0.3, 0.4) is 0 Å². The number of aliphatic hydroxyl groups excluding tert-OH is 4. The smallest absolute Gasteiger partial charge is 0.249 e. The van der Waals surface area contributed by atoms with Crippen LogP contribution in [0.5, 0.6) is 0 Å². The summed E-state index contributed by atoms with van der Waals surface area (Å²) in [6.07, 6.45) is 21.0. The molecule has 0 aromatic rings. The fourth-order valence-corrected chi connectivity index (χ4v) is 4.28. The minimum Gasteiger partial charge on any atom is -0.394 e. The van der Waals surface area contributed by atoms with Gasteiger partial charge in [0.1, 0.15) is 12.2 Å². The molecule has 0 fully saturated rings. The molecule has 0 radical (unpaired) electrons. The number of rotatable bonds is 25. The van der Waals surface area contributed by atoms with Crippen molar-refractivity contribution in [2.45, 2.75) is 160 Å². The Morgan fingerprint density at radius 1 is 0.686 bits per heavy atom. The highest BCUT2D eigenvalue weighted by Gasteiger charge is 2.28. The van der Waals surface area contributed by atoms with E-state index in [4.69, 9.17) is 0 Å². The monoisotopic (exact) mass is 499 g/mol. The number of nitrogens with one attached hydrogen (secondary N) is 1. The Morgan fingerprint density at radius 2 is 1.17 bits per heavy atom. The van der Waals surface area contributed by atoms with Crippen LogP contribution in [0.1, 0.15) is 136 Å². The molecule has 0 aliphatic carbocycles. The molecule has 4 unspecified atom stereocenters. The third-order valence-electron chi connectivity index (χ3n) is 6.73. The molecule has 0 spiro atoms. The second kappa shape index (κ2) is 24.7. The summed E-state index contributed by atoms with van der Waals surface area (Å²) >= 11 is 0. The van der Waals surface area contributed by atoms with E-state index < -0.39 is 36.9 Å². The standard InChI is InChI=1S/C29H57NO5/c1-3-5-7-9-11-13-15-17-19-21-23-27(33)29(35)30-25(24-31)28(34)26(32)22-20-18-16-14-12-10-8-6-4-2/h14,16,25-28,31-34H,3-13,15,17-24H2,1-2H3,(H,30,35)/b16-14+. The Balaban J connectivity index is 3.99. The molecule has 0 aromatic carbocycles. The first kappa shape index (κ1) is 34.0. The Labute approximate surface area is 215 Å². The van der Waals surface area contributed by atoms with Crippen molar-refractivity contribution in [3.05, 3.63) is 12.2 Å². The molecule has 1 amide bonds. The Morgan fingerprint density at radius 3 is 1.71 bits per heavy atom. The Kier molecular flexibility index (Phi) is 24.1. The molecule has 0 saturated heterocycles. The van der Waals surface area contributed by atoms with Crippen molar-refractivity contribution in [1.82, 2.24) is 5.32 Å². The van der Waals surface area contributed by atoms with E-state index in [0.29, 0.717) is 12.8 Å². The average molecular weight is 500 g/mol. The highest BCUT2D eigenvalue weighted by molar-refractivity contribution is 5.80. The molecular formula is C29H57NO5. The molecule has 0 saturated carbocycles. The van der Waals surface area contributed by atoms with Gasteiger partial charge in [-0.15, -0.1) is 0 Å². The number of hydrogen-bond acceptors (Lipinski definition) is 5. The molecule has 0 aliphatic heterocycles. The largest absolute Gasteiger partial charge is 0.394 e. The number of unbranched alkanes of at least 4 members (excludes halogenated alkanes) is 14. The molecule has 6 nitrogen and oxygen atoms in total. The van der Waals surface area contributed by atoms with Gasteiger partial charge in [0.05, 0.1) is 18.8 Å². The summed E-state index contributed by atoms with van der Waals surface area (Å²) in [5.74, 6) is -0.600. The van der Waals surface area contributed by atoms with Crippen LogP contribution < -0.4 is 5.32 Å². The number of aliphatic hydroxyl groups is 4. The molecule has 0 bridgehead atoms. The van der Waals surface area contributed by atoms with E-state index in [1.165, 1.54) is 70.6 Å². The molecule has 0 rings (SSSR count). The van der Waals surface area contributed by atoms with Crippen molar-refractivity contribution >= 4 is 5.91 Å². The maximum Gasteiger partial charge on any atom is 0.249 e. The number of hydrogen-bond donors (Lipinski definition) is 5.